The molecule has 0 atom stereocenters. The molecule has 0 aliphatic carbocycles. The number of rotatable bonds is 5. The highest BCUT2D eigenvalue weighted by atomic mass is 32.2. The van der Waals surface area contributed by atoms with Crippen LogP contribution in [0.3, 0.4) is 0 Å². The van der Waals surface area contributed by atoms with Gasteiger partial charge in [-0.3, -0.25) is 9.67 Å². The first-order chi connectivity index (χ1) is 8.61. The number of H-pyrrole nitrogens is 1. The predicted octanol–water partition coefficient (Wildman–Crippen LogP) is 3.58. The maximum absolute atomic E-state index is 5.27. The average Bonchev–Trinajstić information content (AvgIpc) is 2.88. The SMILES string of the molecule is CSCc1ncc(-c2n[nH]c(=S)n2CC(C)C)s1. The van der Waals surface area contributed by atoms with E-state index in [4.69, 9.17) is 12.2 Å². The molecule has 0 radical (unpaired) electrons. The Balaban J connectivity index is 2.34. The number of hydrogen-bond acceptors (Lipinski definition) is 5. The van der Waals surface area contributed by atoms with Gasteiger partial charge < -0.3 is 0 Å². The molecule has 2 aromatic heterocycles. The van der Waals surface area contributed by atoms with Crippen LogP contribution >= 0.6 is 35.3 Å². The quantitative estimate of drug-likeness (QED) is 0.857. The number of nitrogens with zero attached hydrogens (tertiary/aromatic N) is 3. The van der Waals surface area contributed by atoms with E-state index in [1.54, 1.807) is 23.1 Å². The zero-order valence-electron chi connectivity index (χ0n) is 10.6. The van der Waals surface area contributed by atoms with Crippen molar-refractivity contribution in [3.05, 3.63) is 16.0 Å². The number of hydrogen-bond donors (Lipinski definition) is 1. The van der Waals surface area contributed by atoms with E-state index >= 15 is 0 Å². The molecule has 0 saturated heterocycles. The molecule has 2 rings (SSSR count). The number of aromatic amines is 1. The standard InChI is InChI=1S/C11H16N4S3/c1-7(2)5-15-10(13-14-11(15)16)8-4-12-9(18-8)6-17-3/h4,7H,5-6H2,1-3H3,(H,14,16). The molecule has 0 aliphatic heterocycles. The summed E-state index contributed by atoms with van der Waals surface area (Å²) in [4.78, 5) is 5.48. The monoisotopic (exact) mass is 300 g/mol. The first kappa shape index (κ1) is 13.8. The van der Waals surface area contributed by atoms with Crippen LogP contribution in [0.15, 0.2) is 6.20 Å². The Morgan fingerprint density at radius 2 is 2.33 bits per heavy atom. The molecule has 0 bridgehead atoms. The van der Waals surface area contributed by atoms with Crippen molar-refractivity contribution in [3.8, 4) is 10.7 Å². The lowest BCUT2D eigenvalue weighted by molar-refractivity contribution is 0.522. The number of nitrogens with one attached hydrogen (secondary N) is 1. The summed E-state index contributed by atoms with van der Waals surface area (Å²) in [5, 5.41) is 8.32. The summed E-state index contributed by atoms with van der Waals surface area (Å²) < 4.78 is 2.73. The fourth-order valence-electron chi connectivity index (χ4n) is 1.64. The lowest BCUT2D eigenvalue weighted by Crippen LogP contribution is -2.05. The van der Waals surface area contributed by atoms with Crippen molar-refractivity contribution in [2.45, 2.75) is 26.1 Å². The van der Waals surface area contributed by atoms with E-state index in [-0.39, 0.29) is 0 Å². The highest BCUT2D eigenvalue weighted by Gasteiger charge is 2.13. The number of thiazole rings is 1. The van der Waals surface area contributed by atoms with E-state index in [0.717, 1.165) is 28.0 Å². The molecule has 2 aromatic rings. The van der Waals surface area contributed by atoms with Crippen molar-refractivity contribution in [2.24, 2.45) is 5.92 Å². The molecular formula is C11H16N4S3. The summed E-state index contributed by atoms with van der Waals surface area (Å²) in [5.41, 5.74) is 0. The van der Waals surface area contributed by atoms with Crippen LogP contribution in [0, 0.1) is 10.7 Å². The van der Waals surface area contributed by atoms with Gasteiger partial charge in [-0.1, -0.05) is 13.8 Å². The second kappa shape index (κ2) is 5.99. The van der Waals surface area contributed by atoms with Gasteiger partial charge in [0, 0.05) is 18.5 Å². The van der Waals surface area contributed by atoms with E-state index in [1.807, 2.05) is 6.20 Å². The minimum absolute atomic E-state index is 0.534. The van der Waals surface area contributed by atoms with Crippen LogP contribution in [0.5, 0.6) is 0 Å². The van der Waals surface area contributed by atoms with Crippen LogP contribution in [-0.4, -0.2) is 26.0 Å². The van der Waals surface area contributed by atoms with Crippen molar-refractivity contribution in [3.63, 3.8) is 0 Å². The Morgan fingerprint density at radius 3 is 3.00 bits per heavy atom. The lowest BCUT2D eigenvalue weighted by Gasteiger charge is -2.07. The number of thioether (sulfide) groups is 1. The molecule has 1 N–H and O–H groups in total. The molecular weight excluding hydrogens is 284 g/mol. The van der Waals surface area contributed by atoms with Crippen LogP contribution in [0.1, 0.15) is 18.9 Å². The zero-order valence-corrected chi connectivity index (χ0v) is 13.1. The second-order valence-corrected chi connectivity index (χ2v) is 6.78. The molecule has 0 amide bonds. The highest BCUT2D eigenvalue weighted by Crippen LogP contribution is 2.26. The normalized spacial score (nSPS) is 11.3. The van der Waals surface area contributed by atoms with Crippen LogP contribution in [-0.2, 0) is 12.3 Å². The molecule has 0 aromatic carbocycles. The fraction of sp³-hybridized carbons (Fsp3) is 0.545. The summed E-state index contributed by atoms with van der Waals surface area (Å²) in [6, 6.07) is 0. The first-order valence-corrected chi connectivity index (χ1v) is 8.33. The Hall–Kier alpha value is -0.660. The Labute approximate surface area is 120 Å². The summed E-state index contributed by atoms with van der Waals surface area (Å²) >= 11 is 8.73. The molecule has 2 heterocycles. The van der Waals surface area contributed by atoms with Crippen LogP contribution in [0.4, 0.5) is 0 Å². The van der Waals surface area contributed by atoms with Crippen molar-refractivity contribution in [1.29, 1.82) is 0 Å². The molecule has 0 saturated carbocycles. The smallest absolute Gasteiger partial charge is 0.195 e. The zero-order chi connectivity index (χ0) is 13.1. The van der Waals surface area contributed by atoms with Gasteiger partial charge in [-0.25, -0.2) is 4.98 Å². The lowest BCUT2D eigenvalue weighted by atomic mass is 10.2. The fourth-order valence-corrected chi connectivity index (χ4v) is 3.47. The summed E-state index contributed by atoms with van der Waals surface area (Å²) in [6.07, 6.45) is 3.97. The Morgan fingerprint density at radius 1 is 1.56 bits per heavy atom. The Bertz CT molecular complexity index is 567. The van der Waals surface area contributed by atoms with Gasteiger partial charge in [-0.2, -0.15) is 16.9 Å². The second-order valence-electron chi connectivity index (χ2n) is 4.41. The summed E-state index contributed by atoms with van der Waals surface area (Å²) in [5.74, 6) is 2.38. The van der Waals surface area contributed by atoms with Gasteiger partial charge in [0.25, 0.3) is 0 Å². The molecule has 0 fully saturated rings. The third kappa shape index (κ3) is 3.02. The minimum Gasteiger partial charge on any atom is -0.299 e. The van der Waals surface area contributed by atoms with Crippen molar-refractivity contribution < 1.29 is 0 Å². The van der Waals surface area contributed by atoms with Gasteiger partial charge in [0.05, 0.1) is 4.88 Å². The van der Waals surface area contributed by atoms with Gasteiger partial charge in [-0.15, -0.1) is 11.3 Å². The minimum atomic E-state index is 0.534. The Kier molecular flexibility index (Phi) is 4.58. The first-order valence-electron chi connectivity index (χ1n) is 5.71. The maximum Gasteiger partial charge on any atom is 0.195 e. The van der Waals surface area contributed by atoms with Crippen molar-refractivity contribution >= 4 is 35.3 Å². The van der Waals surface area contributed by atoms with Crippen molar-refractivity contribution in [1.82, 2.24) is 19.7 Å². The van der Waals surface area contributed by atoms with E-state index < -0.39 is 0 Å². The van der Waals surface area contributed by atoms with Gasteiger partial charge in [0.1, 0.15) is 5.01 Å². The molecule has 98 valence electrons. The average molecular weight is 300 g/mol. The molecule has 0 aliphatic rings. The topological polar surface area (TPSA) is 46.5 Å². The predicted molar refractivity (Wildman–Crippen MR) is 80.6 cm³/mol. The van der Waals surface area contributed by atoms with Gasteiger partial charge in [0.15, 0.2) is 10.6 Å². The van der Waals surface area contributed by atoms with Crippen LogP contribution < -0.4 is 0 Å². The molecule has 18 heavy (non-hydrogen) atoms. The highest BCUT2D eigenvalue weighted by molar-refractivity contribution is 7.97. The maximum atomic E-state index is 5.27. The molecule has 4 nitrogen and oxygen atoms in total. The summed E-state index contributed by atoms with van der Waals surface area (Å²) in [6.45, 7) is 5.22. The molecule has 7 heteroatoms. The van der Waals surface area contributed by atoms with E-state index in [2.05, 4.69) is 39.9 Å². The third-order valence-corrected chi connectivity index (χ3v) is 4.40. The van der Waals surface area contributed by atoms with Crippen LogP contribution in [0.25, 0.3) is 10.7 Å². The third-order valence-electron chi connectivity index (χ3n) is 2.35. The number of aromatic nitrogens is 4. The van der Waals surface area contributed by atoms with Gasteiger partial charge >= 0.3 is 0 Å². The van der Waals surface area contributed by atoms with E-state index in [0.29, 0.717) is 10.7 Å². The summed E-state index contributed by atoms with van der Waals surface area (Å²) in [7, 11) is 0. The molecule has 0 unspecified atom stereocenters. The van der Waals surface area contributed by atoms with Gasteiger partial charge in [-0.05, 0) is 24.4 Å². The van der Waals surface area contributed by atoms with Gasteiger partial charge in [0.2, 0.25) is 0 Å². The molecule has 0 spiro atoms. The van der Waals surface area contributed by atoms with Crippen molar-refractivity contribution in [2.75, 3.05) is 6.26 Å². The van der Waals surface area contributed by atoms with E-state index in [9.17, 15) is 0 Å². The largest absolute Gasteiger partial charge is 0.299 e. The van der Waals surface area contributed by atoms with Crippen LogP contribution in [0.2, 0.25) is 0 Å². The van der Waals surface area contributed by atoms with E-state index in [1.165, 1.54) is 0 Å².